The fourth-order valence-corrected chi connectivity index (χ4v) is 2.13. The Morgan fingerprint density at radius 3 is 2.52 bits per heavy atom. The average molecular weight is 277 g/mol. The van der Waals surface area contributed by atoms with E-state index in [0.29, 0.717) is 12.1 Å². The molecule has 4 heteroatoms. The van der Waals surface area contributed by atoms with E-state index in [1.54, 1.807) is 18.3 Å². The predicted molar refractivity (Wildman–Crippen MR) is 82.2 cm³/mol. The van der Waals surface area contributed by atoms with Gasteiger partial charge in [0.05, 0.1) is 6.54 Å². The Balaban J connectivity index is 1.81. The Bertz CT molecular complexity index is 721. The van der Waals surface area contributed by atoms with Crippen LogP contribution >= 0.6 is 0 Å². The van der Waals surface area contributed by atoms with Gasteiger partial charge in [0.1, 0.15) is 0 Å². The Morgan fingerprint density at radius 1 is 1.00 bits per heavy atom. The number of hydrogen-bond donors (Lipinski definition) is 1. The number of carbonyl (C=O) groups is 1. The maximum absolute atomic E-state index is 12.2. The first kappa shape index (κ1) is 13.1. The van der Waals surface area contributed by atoms with E-state index in [2.05, 4.69) is 10.4 Å². The number of nitrogens with one attached hydrogen (secondary N) is 1. The van der Waals surface area contributed by atoms with Gasteiger partial charge in [-0.3, -0.25) is 9.48 Å². The van der Waals surface area contributed by atoms with Crippen LogP contribution in [0.2, 0.25) is 0 Å². The molecule has 104 valence electrons. The summed E-state index contributed by atoms with van der Waals surface area (Å²) in [6, 6.07) is 18.8. The normalized spacial score (nSPS) is 10.3. The molecule has 1 heterocycles. The summed E-state index contributed by atoms with van der Waals surface area (Å²) in [5.74, 6) is -0.108. The average Bonchev–Trinajstić information content (AvgIpc) is 3.03. The highest BCUT2D eigenvalue weighted by atomic mass is 16.1. The molecule has 0 atom stereocenters. The lowest BCUT2D eigenvalue weighted by molar-refractivity contribution is 0.102. The van der Waals surface area contributed by atoms with Gasteiger partial charge in [0.15, 0.2) is 0 Å². The second-order valence-electron chi connectivity index (χ2n) is 4.68. The van der Waals surface area contributed by atoms with Crippen LogP contribution in [0.5, 0.6) is 0 Å². The maximum Gasteiger partial charge on any atom is 0.255 e. The summed E-state index contributed by atoms with van der Waals surface area (Å²) >= 11 is 0. The lowest BCUT2D eigenvalue weighted by atomic mass is 10.1. The number of rotatable bonds is 4. The Hall–Kier alpha value is -2.88. The van der Waals surface area contributed by atoms with Gasteiger partial charge < -0.3 is 5.32 Å². The summed E-state index contributed by atoms with van der Waals surface area (Å²) in [5.41, 5.74) is 2.47. The van der Waals surface area contributed by atoms with Gasteiger partial charge in [0, 0.05) is 23.6 Å². The number of hydrogen-bond acceptors (Lipinski definition) is 2. The van der Waals surface area contributed by atoms with Gasteiger partial charge in [-0.05, 0) is 29.8 Å². The smallest absolute Gasteiger partial charge is 0.255 e. The van der Waals surface area contributed by atoms with E-state index in [1.807, 2.05) is 59.4 Å². The number of para-hydroxylation sites is 1. The molecular formula is C17H15N3O. The molecule has 0 unspecified atom stereocenters. The Labute approximate surface area is 123 Å². The summed E-state index contributed by atoms with van der Waals surface area (Å²) in [5, 5.41) is 7.15. The fourth-order valence-electron chi connectivity index (χ4n) is 2.13. The van der Waals surface area contributed by atoms with Crippen LogP contribution in [-0.4, -0.2) is 15.7 Å². The summed E-state index contributed by atoms with van der Waals surface area (Å²) in [6.45, 7) is 0.623. The number of carbonyl (C=O) groups excluding carboxylic acids is 1. The molecule has 0 bridgehead atoms. The van der Waals surface area contributed by atoms with Gasteiger partial charge >= 0.3 is 0 Å². The van der Waals surface area contributed by atoms with Crippen LogP contribution in [0.3, 0.4) is 0 Å². The molecule has 3 aromatic rings. The van der Waals surface area contributed by atoms with Crippen molar-refractivity contribution in [2.24, 2.45) is 0 Å². The van der Waals surface area contributed by atoms with Crippen molar-refractivity contribution in [1.29, 1.82) is 0 Å². The summed E-state index contributed by atoms with van der Waals surface area (Å²) in [7, 11) is 0. The standard InChI is InChI=1S/C17H15N3O/c21-17(14-7-2-1-3-8-14)19-16-10-5-4-9-15(16)13-20-12-6-11-18-20/h1-12H,13H2,(H,19,21). The van der Waals surface area contributed by atoms with E-state index >= 15 is 0 Å². The Morgan fingerprint density at radius 2 is 1.76 bits per heavy atom. The first-order valence-corrected chi connectivity index (χ1v) is 6.75. The Kier molecular flexibility index (Phi) is 3.78. The highest BCUT2D eigenvalue weighted by Gasteiger charge is 2.08. The minimum Gasteiger partial charge on any atom is -0.322 e. The number of anilines is 1. The zero-order chi connectivity index (χ0) is 14.5. The maximum atomic E-state index is 12.2. The molecule has 3 rings (SSSR count). The predicted octanol–water partition coefficient (Wildman–Crippen LogP) is 3.18. The first-order valence-electron chi connectivity index (χ1n) is 6.75. The van der Waals surface area contributed by atoms with E-state index in [0.717, 1.165) is 11.3 Å². The minimum atomic E-state index is -0.108. The van der Waals surface area contributed by atoms with E-state index < -0.39 is 0 Å². The van der Waals surface area contributed by atoms with Gasteiger partial charge in [0.2, 0.25) is 0 Å². The van der Waals surface area contributed by atoms with Gasteiger partial charge in [-0.25, -0.2) is 0 Å². The number of amides is 1. The number of nitrogens with zero attached hydrogens (tertiary/aromatic N) is 2. The highest BCUT2D eigenvalue weighted by Crippen LogP contribution is 2.17. The summed E-state index contributed by atoms with van der Waals surface area (Å²) in [6.07, 6.45) is 3.64. The molecule has 1 amide bonds. The molecule has 0 radical (unpaired) electrons. The third kappa shape index (κ3) is 3.17. The SMILES string of the molecule is O=C(Nc1ccccc1Cn1cccn1)c1ccccc1. The highest BCUT2D eigenvalue weighted by molar-refractivity contribution is 6.04. The second kappa shape index (κ2) is 6.05. The molecule has 0 aliphatic heterocycles. The largest absolute Gasteiger partial charge is 0.322 e. The van der Waals surface area contributed by atoms with Crippen molar-refractivity contribution in [1.82, 2.24) is 9.78 Å². The second-order valence-corrected chi connectivity index (χ2v) is 4.68. The van der Waals surface area contributed by atoms with Gasteiger partial charge in [0.25, 0.3) is 5.91 Å². The van der Waals surface area contributed by atoms with Crippen molar-refractivity contribution in [3.05, 3.63) is 84.2 Å². The molecule has 0 fully saturated rings. The van der Waals surface area contributed by atoms with Crippen molar-refractivity contribution in [3.63, 3.8) is 0 Å². The van der Waals surface area contributed by atoms with Crippen LogP contribution in [0.4, 0.5) is 5.69 Å². The summed E-state index contributed by atoms with van der Waals surface area (Å²) in [4.78, 5) is 12.2. The first-order chi connectivity index (χ1) is 10.3. The number of benzene rings is 2. The molecule has 0 saturated heterocycles. The zero-order valence-corrected chi connectivity index (χ0v) is 11.4. The van der Waals surface area contributed by atoms with Crippen LogP contribution in [0.25, 0.3) is 0 Å². The van der Waals surface area contributed by atoms with E-state index in [4.69, 9.17) is 0 Å². The molecule has 2 aromatic carbocycles. The van der Waals surface area contributed by atoms with Crippen LogP contribution in [0.1, 0.15) is 15.9 Å². The molecule has 21 heavy (non-hydrogen) atoms. The van der Waals surface area contributed by atoms with Crippen LogP contribution in [-0.2, 0) is 6.54 Å². The van der Waals surface area contributed by atoms with Crippen molar-refractivity contribution in [2.45, 2.75) is 6.54 Å². The van der Waals surface area contributed by atoms with Gasteiger partial charge in [-0.2, -0.15) is 5.10 Å². The van der Waals surface area contributed by atoms with E-state index in [-0.39, 0.29) is 5.91 Å². The van der Waals surface area contributed by atoms with Crippen molar-refractivity contribution in [3.8, 4) is 0 Å². The minimum absolute atomic E-state index is 0.108. The molecule has 1 N–H and O–H groups in total. The van der Waals surface area contributed by atoms with Crippen LogP contribution < -0.4 is 5.32 Å². The van der Waals surface area contributed by atoms with Crippen molar-refractivity contribution < 1.29 is 4.79 Å². The van der Waals surface area contributed by atoms with Gasteiger partial charge in [-0.1, -0.05) is 36.4 Å². The lowest BCUT2D eigenvalue weighted by Gasteiger charge is -2.11. The topological polar surface area (TPSA) is 46.9 Å². The molecular weight excluding hydrogens is 262 g/mol. The molecule has 0 saturated carbocycles. The number of aromatic nitrogens is 2. The van der Waals surface area contributed by atoms with Crippen LogP contribution in [0.15, 0.2) is 73.1 Å². The molecule has 4 nitrogen and oxygen atoms in total. The van der Waals surface area contributed by atoms with Crippen molar-refractivity contribution in [2.75, 3.05) is 5.32 Å². The molecule has 0 aliphatic rings. The lowest BCUT2D eigenvalue weighted by Crippen LogP contribution is -2.14. The van der Waals surface area contributed by atoms with Crippen molar-refractivity contribution >= 4 is 11.6 Å². The third-order valence-electron chi connectivity index (χ3n) is 3.19. The fraction of sp³-hybridized carbons (Fsp3) is 0.0588. The quantitative estimate of drug-likeness (QED) is 0.796. The van der Waals surface area contributed by atoms with E-state index in [9.17, 15) is 4.79 Å². The molecule has 1 aromatic heterocycles. The van der Waals surface area contributed by atoms with Gasteiger partial charge in [-0.15, -0.1) is 0 Å². The zero-order valence-electron chi connectivity index (χ0n) is 11.4. The van der Waals surface area contributed by atoms with Crippen LogP contribution in [0, 0.1) is 0 Å². The van der Waals surface area contributed by atoms with E-state index in [1.165, 1.54) is 0 Å². The molecule has 0 spiro atoms. The third-order valence-corrected chi connectivity index (χ3v) is 3.19. The molecule has 0 aliphatic carbocycles. The summed E-state index contributed by atoms with van der Waals surface area (Å²) < 4.78 is 1.83. The monoisotopic (exact) mass is 277 g/mol.